The van der Waals surface area contributed by atoms with E-state index in [-0.39, 0.29) is 6.10 Å². The van der Waals surface area contributed by atoms with Gasteiger partial charge < -0.3 is 13.3 Å². The molecule has 26 heavy (non-hydrogen) atoms. The summed E-state index contributed by atoms with van der Waals surface area (Å²) in [5.41, 5.74) is 0. The van der Waals surface area contributed by atoms with Crippen LogP contribution in [0.5, 0.6) is 0 Å². The zero-order valence-electron chi connectivity index (χ0n) is 17.8. The van der Waals surface area contributed by atoms with Crippen LogP contribution in [0, 0.1) is 0 Å². The maximum absolute atomic E-state index is 11.9. The highest BCUT2D eigenvalue weighted by atomic mass is 32.2. The maximum Gasteiger partial charge on any atom is 0.501 e. The van der Waals surface area contributed by atoms with Crippen LogP contribution in [-0.4, -0.2) is 39.0 Å². The summed E-state index contributed by atoms with van der Waals surface area (Å²) >= 11 is 1.49. The van der Waals surface area contributed by atoms with E-state index in [9.17, 15) is 4.79 Å². The Balaban J connectivity index is 4.00. The van der Waals surface area contributed by atoms with E-state index in [2.05, 4.69) is 20.8 Å². The van der Waals surface area contributed by atoms with Gasteiger partial charge in [-0.2, -0.15) is 0 Å². The molecule has 0 aromatic heterocycles. The van der Waals surface area contributed by atoms with Crippen molar-refractivity contribution in [2.75, 3.05) is 19.0 Å². The predicted molar refractivity (Wildman–Crippen MR) is 115 cm³/mol. The predicted octanol–water partition coefficient (Wildman–Crippen LogP) is 6.21. The summed E-state index contributed by atoms with van der Waals surface area (Å²) < 4.78 is 18.1. The first-order valence-electron chi connectivity index (χ1n) is 10.6. The molecule has 0 aromatic rings. The van der Waals surface area contributed by atoms with Crippen molar-refractivity contribution < 1.29 is 18.1 Å². The van der Waals surface area contributed by atoms with Gasteiger partial charge in [0, 0.05) is 37.5 Å². The standard InChI is InChI=1S/C20H42O4SSi/c1-6-10-11-12-13-16-20(21)25-17-14-15-19(5)24-26(18-7-2,22-8-3)23-9-4/h19H,6-18H2,1-5H3. The molecule has 0 aliphatic carbocycles. The van der Waals surface area contributed by atoms with Crippen molar-refractivity contribution in [3.05, 3.63) is 0 Å². The molecule has 0 aliphatic rings. The minimum Gasteiger partial charge on any atom is -0.374 e. The number of carbonyl (C=O) groups excluding carboxylic acids is 1. The average Bonchev–Trinajstić information content (AvgIpc) is 2.59. The fourth-order valence-electron chi connectivity index (χ4n) is 2.93. The van der Waals surface area contributed by atoms with E-state index in [0.717, 1.165) is 43.9 Å². The lowest BCUT2D eigenvalue weighted by molar-refractivity contribution is -0.111. The van der Waals surface area contributed by atoms with Gasteiger partial charge in [-0.3, -0.25) is 4.79 Å². The molecule has 0 amide bonds. The third kappa shape index (κ3) is 13.3. The second-order valence-electron chi connectivity index (χ2n) is 6.75. The fraction of sp³-hybridized carbons (Fsp3) is 0.950. The lowest BCUT2D eigenvalue weighted by Crippen LogP contribution is -2.48. The van der Waals surface area contributed by atoms with Gasteiger partial charge in [0.15, 0.2) is 5.12 Å². The Labute approximate surface area is 167 Å². The normalized spacial score (nSPS) is 13.1. The summed E-state index contributed by atoms with van der Waals surface area (Å²) in [5, 5.41) is 0.341. The van der Waals surface area contributed by atoms with Crippen LogP contribution in [0.15, 0.2) is 0 Å². The Morgan fingerprint density at radius 3 is 2.15 bits per heavy atom. The van der Waals surface area contributed by atoms with Gasteiger partial charge in [-0.25, -0.2) is 0 Å². The Bertz CT molecular complexity index is 325. The SMILES string of the molecule is CCCCCCCC(=O)SCCCC(C)O[Si](CCC)(OCC)OCC. The molecule has 0 N–H and O–H groups in total. The first-order valence-corrected chi connectivity index (χ1v) is 13.6. The number of thioether (sulfide) groups is 1. The van der Waals surface area contributed by atoms with Gasteiger partial charge in [0.2, 0.25) is 0 Å². The molecule has 0 heterocycles. The van der Waals surface area contributed by atoms with E-state index in [1.807, 2.05) is 13.8 Å². The lowest BCUT2D eigenvalue weighted by atomic mass is 10.1. The van der Waals surface area contributed by atoms with Crippen LogP contribution in [0.2, 0.25) is 6.04 Å². The Morgan fingerprint density at radius 2 is 1.58 bits per heavy atom. The Hall–Kier alpha value is 0.117. The molecule has 0 radical (unpaired) electrons. The lowest BCUT2D eigenvalue weighted by Gasteiger charge is -2.31. The van der Waals surface area contributed by atoms with E-state index in [1.54, 1.807) is 0 Å². The molecule has 156 valence electrons. The monoisotopic (exact) mass is 406 g/mol. The quantitative estimate of drug-likeness (QED) is 0.200. The van der Waals surface area contributed by atoms with Gasteiger partial charge in [-0.05, 0) is 40.0 Å². The van der Waals surface area contributed by atoms with Gasteiger partial charge in [0.25, 0.3) is 0 Å². The molecule has 6 heteroatoms. The van der Waals surface area contributed by atoms with Crippen molar-refractivity contribution in [3.8, 4) is 0 Å². The topological polar surface area (TPSA) is 44.8 Å². The van der Waals surface area contributed by atoms with Crippen LogP contribution in [0.4, 0.5) is 0 Å². The minimum atomic E-state index is -2.54. The molecule has 0 fully saturated rings. The third-order valence-electron chi connectivity index (χ3n) is 4.17. The molecular weight excluding hydrogens is 364 g/mol. The molecule has 0 rings (SSSR count). The second kappa shape index (κ2) is 17.2. The second-order valence-corrected chi connectivity index (χ2v) is 10.6. The van der Waals surface area contributed by atoms with Crippen molar-refractivity contribution >= 4 is 25.7 Å². The minimum absolute atomic E-state index is 0.107. The van der Waals surface area contributed by atoms with Gasteiger partial charge in [0.05, 0.1) is 0 Å². The summed E-state index contributed by atoms with van der Waals surface area (Å²) in [6.07, 6.45) is 9.77. The maximum atomic E-state index is 11.9. The molecule has 4 nitrogen and oxygen atoms in total. The molecule has 0 aliphatic heterocycles. The largest absolute Gasteiger partial charge is 0.501 e. The van der Waals surface area contributed by atoms with E-state index in [1.165, 1.54) is 37.4 Å². The van der Waals surface area contributed by atoms with Crippen molar-refractivity contribution in [1.82, 2.24) is 0 Å². The highest BCUT2D eigenvalue weighted by Gasteiger charge is 2.41. The van der Waals surface area contributed by atoms with Crippen LogP contribution < -0.4 is 0 Å². The zero-order chi connectivity index (χ0) is 19.7. The Kier molecular flexibility index (Phi) is 17.3. The zero-order valence-corrected chi connectivity index (χ0v) is 19.6. The van der Waals surface area contributed by atoms with Crippen LogP contribution in [-0.2, 0) is 18.1 Å². The van der Waals surface area contributed by atoms with Crippen molar-refractivity contribution in [3.63, 3.8) is 0 Å². The molecule has 0 saturated heterocycles. The summed E-state index contributed by atoms with van der Waals surface area (Å²) in [6, 6.07) is 0.865. The highest BCUT2D eigenvalue weighted by Crippen LogP contribution is 2.22. The summed E-state index contributed by atoms with van der Waals surface area (Å²) in [5.74, 6) is 0.882. The van der Waals surface area contributed by atoms with Crippen LogP contribution in [0.25, 0.3) is 0 Å². The third-order valence-corrected chi connectivity index (χ3v) is 8.52. The summed E-state index contributed by atoms with van der Waals surface area (Å²) in [6.45, 7) is 11.7. The summed E-state index contributed by atoms with van der Waals surface area (Å²) in [4.78, 5) is 11.9. The number of carbonyl (C=O) groups is 1. The average molecular weight is 407 g/mol. The number of hydrogen-bond acceptors (Lipinski definition) is 5. The van der Waals surface area contributed by atoms with Crippen LogP contribution in [0.1, 0.15) is 92.4 Å². The molecular formula is C20H42O4SSi. The van der Waals surface area contributed by atoms with E-state index >= 15 is 0 Å². The molecule has 1 unspecified atom stereocenters. The van der Waals surface area contributed by atoms with Gasteiger partial charge in [-0.15, -0.1) is 0 Å². The highest BCUT2D eigenvalue weighted by molar-refractivity contribution is 8.13. The van der Waals surface area contributed by atoms with Crippen LogP contribution in [0.3, 0.4) is 0 Å². The van der Waals surface area contributed by atoms with E-state index < -0.39 is 8.80 Å². The van der Waals surface area contributed by atoms with E-state index in [0.29, 0.717) is 18.3 Å². The van der Waals surface area contributed by atoms with Gasteiger partial charge >= 0.3 is 8.80 Å². The number of rotatable bonds is 18. The van der Waals surface area contributed by atoms with Crippen molar-refractivity contribution in [2.45, 2.75) is 105 Å². The molecule has 0 aromatic carbocycles. The Morgan fingerprint density at radius 1 is 0.923 bits per heavy atom. The summed E-state index contributed by atoms with van der Waals surface area (Å²) in [7, 11) is -2.54. The van der Waals surface area contributed by atoms with Crippen molar-refractivity contribution in [1.29, 1.82) is 0 Å². The van der Waals surface area contributed by atoms with Gasteiger partial charge in [0.1, 0.15) is 0 Å². The molecule has 0 spiro atoms. The smallest absolute Gasteiger partial charge is 0.374 e. The fourth-order valence-corrected chi connectivity index (χ4v) is 6.60. The van der Waals surface area contributed by atoms with E-state index in [4.69, 9.17) is 13.3 Å². The van der Waals surface area contributed by atoms with Gasteiger partial charge in [-0.1, -0.05) is 57.7 Å². The van der Waals surface area contributed by atoms with Crippen LogP contribution >= 0.6 is 11.8 Å². The molecule has 0 bridgehead atoms. The first-order chi connectivity index (χ1) is 12.5. The molecule has 0 saturated carbocycles. The number of hydrogen-bond donors (Lipinski definition) is 0. The van der Waals surface area contributed by atoms with Crippen molar-refractivity contribution in [2.24, 2.45) is 0 Å². The molecule has 1 atom stereocenters. The first kappa shape index (κ1) is 26.1. The number of unbranched alkanes of at least 4 members (excludes halogenated alkanes) is 4.